The standard InChI is InChI=1S/C13H18O3/c1-13(5-2-6-15-13)16-12(14)11-8-9-3-4-10(11)7-9/h3-4,9-11H,2,5-8H2,1H3/t9-,10-,11+,13+/m0/s1. The lowest BCUT2D eigenvalue weighted by molar-refractivity contribution is -0.210. The molecule has 0 N–H and O–H groups in total. The zero-order valence-electron chi connectivity index (χ0n) is 9.65. The molecule has 0 radical (unpaired) electrons. The van der Waals surface area contributed by atoms with Gasteiger partial charge in [-0.2, -0.15) is 0 Å². The molecular formula is C13H18O3. The van der Waals surface area contributed by atoms with Crippen molar-refractivity contribution in [2.24, 2.45) is 17.8 Å². The highest BCUT2D eigenvalue weighted by Crippen LogP contribution is 2.44. The van der Waals surface area contributed by atoms with Crippen molar-refractivity contribution in [1.29, 1.82) is 0 Å². The van der Waals surface area contributed by atoms with E-state index < -0.39 is 5.79 Å². The maximum atomic E-state index is 12.1. The maximum Gasteiger partial charge on any atom is 0.312 e. The number of hydrogen-bond donors (Lipinski definition) is 0. The van der Waals surface area contributed by atoms with Crippen LogP contribution in [0.2, 0.25) is 0 Å². The summed E-state index contributed by atoms with van der Waals surface area (Å²) in [6, 6.07) is 0. The van der Waals surface area contributed by atoms with E-state index in [2.05, 4.69) is 12.2 Å². The third kappa shape index (κ3) is 1.67. The molecule has 3 rings (SSSR count). The summed E-state index contributed by atoms with van der Waals surface area (Å²) in [5.41, 5.74) is 0. The highest BCUT2D eigenvalue weighted by molar-refractivity contribution is 5.74. The van der Waals surface area contributed by atoms with Gasteiger partial charge < -0.3 is 9.47 Å². The SMILES string of the molecule is C[C@@]1(OC(=O)[C@@H]2C[C@H]3C=C[C@H]2C3)CCCO1. The van der Waals surface area contributed by atoms with E-state index in [1.165, 1.54) is 0 Å². The van der Waals surface area contributed by atoms with Crippen molar-refractivity contribution < 1.29 is 14.3 Å². The van der Waals surface area contributed by atoms with Crippen LogP contribution in [0.25, 0.3) is 0 Å². The summed E-state index contributed by atoms with van der Waals surface area (Å²) < 4.78 is 11.0. The highest BCUT2D eigenvalue weighted by Gasteiger charge is 2.43. The van der Waals surface area contributed by atoms with Crippen LogP contribution in [0.5, 0.6) is 0 Å². The molecule has 2 fully saturated rings. The van der Waals surface area contributed by atoms with Crippen LogP contribution in [0, 0.1) is 17.8 Å². The summed E-state index contributed by atoms with van der Waals surface area (Å²) in [6.07, 6.45) is 8.34. The van der Waals surface area contributed by atoms with Gasteiger partial charge in [-0.25, -0.2) is 0 Å². The van der Waals surface area contributed by atoms with Crippen LogP contribution in [0.15, 0.2) is 12.2 Å². The summed E-state index contributed by atoms with van der Waals surface area (Å²) in [6.45, 7) is 2.58. The van der Waals surface area contributed by atoms with Crippen molar-refractivity contribution in [3.8, 4) is 0 Å². The van der Waals surface area contributed by atoms with Crippen LogP contribution >= 0.6 is 0 Å². The molecule has 1 aliphatic heterocycles. The van der Waals surface area contributed by atoms with Gasteiger partial charge in [-0.3, -0.25) is 4.79 Å². The van der Waals surface area contributed by atoms with E-state index >= 15 is 0 Å². The molecule has 2 aliphatic carbocycles. The average molecular weight is 222 g/mol. The minimum absolute atomic E-state index is 0.0544. The van der Waals surface area contributed by atoms with E-state index in [9.17, 15) is 4.79 Å². The molecule has 16 heavy (non-hydrogen) atoms. The van der Waals surface area contributed by atoms with Crippen LogP contribution in [-0.2, 0) is 14.3 Å². The average Bonchev–Trinajstić information content (AvgIpc) is 2.92. The van der Waals surface area contributed by atoms with Crippen LogP contribution in [0.1, 0.15) is 32.6 Å². The first-order valence-electron chi connectivity index (χ1n) is 6.21. The molecule has 1 heterocycles. The maximum absolute atomic E-state index is 12.1. The Kier molecular flexibility index (Phi) is 2.32. The molecule has 0 aromatic rings. The second-order valence-corrected chi connectivity index (χ2v) is 5.39. The first kappa shape index (κ1) is 10.3. The number of allylic oxidation sites excluding steroid dienone is 2. The number of ether oxygens (including phenoxy) is 2. The van der Waals surface area contributed by atoms with Crippen molar-refractivity contribution >= 4 is 5.97 Å². The Balaban J connectivity index is 1.63. The smallest absolute Gasteiger partial charge is 0.312 e. The summed E-state index contributed by atoms with van der Waals surface area (Å²) in [5, 5.41) is 0. The van der Waals surface area contributed by atoms with Crippen LogP contribution < -0.4 is 0 Å². The molecule has 4 atom stereocenters. The number of fused-ring (bicyclic) bond motifs is 2. The fourth-order valence-electron chi connectivity index (χ4n) is 3.17. The largest absolute Gasteiger partial charge is 0.433 e. The van der Waals surface area contributed by atoms with Gasteiger partial charge >= 0.3 is 5.97 Å². The molecule has 3 heteroatoms. The number of rotatable bonds is 2. The molecule has 2 bridgehead atoms. The Labute approximate surface area is 95.8 Å². The molecule has 1 saturated carbocycles. The van der Waals surface area contributed by atoms with Crippen LogP contribution in [0.4, 0.5) is 0 Å². The topological polar surface area (TPSA) is 35.5 Å². The number of carbonyl (C=O) groups excluding carboxylic acids is 1. The zero-order chi connectivity index (χ0) is 11.2. The quantitative estimate of drug-likeness (QED) is 0.531. The lowest BCUT2D eigenvalue weighted by Gasteiger charge is -2.26. The van der Waals surface area contributed by atoms with E-state index in [1.54, 1.807) is 0 Å². The Hall–Kier alpha value is -0.830. The second-order valence-electron chi connectivity index (χ2n) is 5.39. The molecule has 0 amide bonds. The summed E-state index contributed by atoms with van der Waals surface area (Å²) in [7, 11) is 0. The van der Waals surface area contributed by atoms with Crippen LogP contribution in [-0.4, -0.2) is 18.4 Å². The van der Waals surface area contributed by atoms with E-state index in [-0.39, 0.29) is 11.9 Å². The van der Waals surface area contributed by atoms with Gasteiger partial charge in [0.2, 0.25) is 5.79 Å². The minimum Gasteiger partial charge on any atom is -0.433 e. The molecule has 0 unspecified atom stereocenters. The predicted molar refractivity (Wildman–Crippen MR) is 58.5 cm³/mol. The van der Waals surface area contributed by atoms with E-state index in [0.29, 0.717) is 18.4 Å². The molecule has 0 aromatic carbocycles. The fraction of sp³-hybridized carbons (Fsp3) is 0.769. The number of esters is 1. The summed E-state index contributed by atoms with van der Waals surface area (Å²) >= 11 is 0. The van der Waals surface area contributed by atoms with Gasteiger partial charge in [0.05, 0.1) is 12.5 Å². The van der Waals surface area contributed by atoms with E-state index in [4.69, 9.17) is 9.47 Å². The lowest BCUT2D eigenvalue weighted by Crippen LogP contribution is -2.34. The molecule has 0 spiro atoms. The molecule has 88 valence electrons. The van der Waals surface area contributed by atoms with Gasteiger partial charge in [0, 0.05) is 13.3 Å². The molecule has 1 saturated heterocycles. The molecule has 3 aliphatic rings. The zero-order valence-corrected chi connectivity index (χ0v) is 9.65. The van der Waals surface area contributed by atoms with Crippen molar-refractivity contribution in [3.05, 3.63) is 12.2 Å². The summed E-state index contributed by atoms with van der Waals surface area (Å²) in [5.74, 6) is 0.405. The van der Waals surface area contributed by atoms with Gasteiger partial charge in [0.25, 0.3) is 0 Å². The Bertz CT molecular complexity index is 328. The van der Waals surface area contributed by atoms with Crippen LogP contribution in [0.3, 0.4) is 0 Å². The first-order valence-corrected chi connectivity index (χ1v) is 6.21. The second kappa shape index (κ2) is 3.59. The third-order valence-corrected chi connectivity index (χ3v) is 4.08. The normalized spacial score (nSPS) is 45.2. The minimum atomic E-state index is -0.650. The van der Waals surface area contributed by atoms with Crippen molar-refractivity contribution in [2.75, 3.05) is 6.61 Å². The lowest BCUT2D eigenvalue weighted by atomic mass is 9.94. The van der Waals surface area contributed by atoms with Crippen molar-refractivity contribution in [1.82, 2.24) is 0 Å². The monoisotopic (exact) mass is 222 g/mol. The Morgan fingerprint density at radius 1 is 1.44 bits per heavy atom. The van der Waals surface area contributed by atoms with Gasteiger partial charge in [-0.05, 0) is 31.1 Å². The van der Waals surface area contributed by atoms with Crippen molar-refractivity contribution in [2.45, 2.75) is 38.4 Å². The highest BCUT2D eigenvalue weighted by atomic mass is 16.7. The van der Waals surface area contributed by atoms with E-state index in [1.807, 2.05) is 6.92 Å². The molecule has 3 nitrogen and oxygen atoms in total. The van der Waals surface area contributed by atoms with Gasteiger partial charge in [-0.15, -0.1) is 0 Å². The third-order valence-electron chi connectivity index (χ3n) is 4.08. The molecular weight excluding hydrogens is 204 g/mol. The van der Waals surface area contributed by atoms with Gasteiger partial charge in [-0.1, -0.05) is 12.2 Å². The Morgan fingerprint density at radius 3 is 2.88 bits per heavy atom. The van der Waals surface area contributed by atoms with Gasteiger partial charge in [0.15, 0.2) is 0 Å². The molecule has 0 aromatic heterocycles. The first-order chi connectivity index (χ1) is 7.66. The van der Waals surface area contributed by atoms with E-state index in [0.717, 1.165) is 25.7 Å². The summed E-state index contributed by atoms with van der Waals surface area (Å²) in [4.78, 5) is 12.1. The number of hydrogen-bond acceptors (Lipinski definition) is 3. The van der Waals surface area contributed by atoms with Gasteiger partial charge in [0.1, 0.15) is 0 Å². The van der Waals surface area contributed by atoms with Crippen molar-refractivity contribution in [3.63, 3.8) is 0 Å². The number of carbonyl (C=O) groups is 1. The predicted octanol–water partition coefficient (Wildman–Crippen LogP) is 2.27. The Morgan fingerprint density at radius 2 is 2.31 bits per heavy atom. The fourth-order valence-corrected chi connectivity index (χ4v) is 3.17.